The standard InChI is InChI=1S/C24H26N2/c1-3-10-20(11-4-1)18-26(19-21-12-5-2-6-13-21)25-24-17-9-15-22-14-7-8-16-23(22)24/h1-6,9-13,15,17,25H,7-8,14,16,18-19H2. The van der Waals surface area contributed by atoms with Crippen LogP contribution in [0.15, 0.2) is 78.9 Å². The number of hydrogen-bond acceptors (Lipinski definition) is 2. The summed E-state index contributed by atoms with van der Waals surface area (Å²) in [5.41, 5.74) is 10.7. The number of hydrazine groups is 1. The van der Waals surface area contributed by atoms with Gasteiger partial charge < -0.3 is 5.43 Å². The molecule has 0 unspecified atom stereocenters. The van der Waals surface area contributed by atoms with E-state index in [1.165, 1.54) is 53.6 Å². The SMILES string of the molecule is c1ccc(CN(Cc2ccccc2)Nc2cccc3c2CCCC3)cc1. The van der Waals surface area contributed by atoms with Crippen molar-refractivity contribution in [1.82, 2.24) is 5.01 Å². The normalized spacial score (nSPS) is 13.4. The fourth-order valence-corrected chi connectivity index (χ4v) is 3.80. The van der Waals surface area contributed by atoms with Gasteiger partial charge in [-0.25, -0.2) is 5.01 Å². The van der Waals surface area contributed by atoms with Crippen molar-refractivity contribution in [3.05, 3.63) is 101 Å². The van der Waals surface area contributed by atoms with E-state index in [2.05, 4.69) is 89.3 Å². The van der Waals surface area contributed by atoms with Gasteiger partial charge in [0, 0.05) is 13.1 Å². The molecule has 0 amide bonds. The molecule has 4 rings (SSSR count). The zero-order valence-electron chi connectivity index (χ0n) is 15.2. The number of fused-ring (bicyclic) bond motifs is 1. The summed E-state index contributed by atoms with van der Waals surface area (Å²) in [5.74, 6) is 0. The molecule has 2 nitrogen and oxygen atoms in total. The molecule has 26 heavy (non-hydrogen) atoms. The molecule has 1 N–H and O–H groups in total. The first-order valence-corrected chi connectivity index (χ1v) is 9.59. The molecule has 0 fully saturated rings. The average molecular weight is 342 g/mol. The maximum absolute atomic E-state index is 3.74. The van der Waals surface area contributed by atoms with Crippen molar-refractivity contribution in [2.24, 2.45) is 0 Å². The van der Waals surface area contributed by atoms with E-state index in [9.17, 15) is 0 Å². The number of rotatable bonds is 6. The zero-order chi connectivity index (χ0) is 17.6. The second kappa shape index (κ2) is 8.20. The molecule has 0 aliphatic heterocycles. The summed E-state index contributed by atoms with van der Waals surface area (Å²) in [6, 6.07) is 28.1. The Morgan fingerprint density at radius 2 is 1.27 bits per heavy atom. The number of nitrogens with one attached hydrogen (secondary N) is 1. The fraction of sp³-hybridized carbons (Fsp3) is 0.250. The molecule has 0 saturated carbocycles. The van der Waals surface area contributed by atoms with Gasteiger partial charge in [-0.05, 0) is 54.0 Å². The number of aryl methyl sites for hydroxylation is 1. The summed E-state index contributed by atoms with van der Waals surface area (Å²) in [7, 11) is 0. The van der Waals surface area contributed by atoms with Gasteiger partial charge in [0.05, 0.1) is 5.69 Å². The van der Waals surface area contributed by atoms with Crippen LogP contribution in [0.1, 0.15) is 35.1 Å². The Morgan fingerprint density at radius 3 is 1.92 bits per heavy atom. The Kier molecular flexibility index (Phi) is 5.32. The average Bonchev–Trinajstić information content (AvgIpc) is 2.70. The Balaban J connectivity index is 1.58. The van der Waals surface area contributed by atoms with Crippen molar-refractivity contribution in [2.75, 3.05) is 5.43 Å². The predicted molar refractivity (Wildman–Crippen MR) is 109 cm³/mol. The number of hydrogen-bond donors (Lipinski definition) is 1. The maximum Gasteiger partial charge on any atom is 0.0525 e. The quantitative estimate of drug-likeness (QED) is 0.587. The minimum absolute atomic E-state index is 0.874. The van der Waals surface area contributed by atoms with Crippen molar-refractivity contribution in [2.45, 2.75) is 38.8 Å². The molecule has 132 valence electrons. The van der Waals surface area contributed by atoms with Gasteiger partial charge in [-0.3, -0.25) is 0 Å². The van der Waals surface area contributed by atoms with Crippen molar-refractivity contribution in [3.8, 4) is 0 Å². The first-order chi connectivity index (χ1) is 12.9. The third-order valence-corrected chi connectivity index (χ3v) is 5.11. The maximum atomic E-state index is 3.74. The Morgan fingerprint density at radius 1 is 0.654 bits per heavy atom. The highest BCUT2D eigenvalue weighted by atomic mass is 15.5. The van der Waals surface area contributed by atoms with E-state index in [0.29, 0.717) is 0 Å². The van der Waals surface area contributed by atoms with Crippen molar-refractivity contribution in [1.29, 1.82) is 0 Å². The molecule has 0 bridgehead atoms. The lowest BCUT2D eigenvalue weighted by molar-refractivity contribution is 0.313. The number of anilines is 1. The molecule has 0 aromatic heterocycles. The lowest BCUT2D eigenvalue weighted by atomic mass is 9.90. The smallest absolute Gasteiger partial charge is 0.0525 e. The summed E-state index contributed by atoms with van der Waals surface area (Å²) < 4.78 is 0. The van der Waals surface area contributed by atoms with E-state index in [1.54, 1.807) is 0 Å². The lowest BCUT2D eigenvalue weighted by Gasteiger charge is -2.28. The topological polar surface area (TPSA) is 15.3 Å². The monoisotopic (exact) mass is 342 g/mol. The van der Waals surface area contributed by atoms with Gasteiger partial charge in [0.15, 0.2) is 0 Å². The first kappa shape index (κ1) is 16.9. The molecular weight excluding hydrogens is 316 g/mol. The van der Waals surface area contributed by atoms with Crippen molar-refractivity contribution >= 4 is 5.69 Å². The molecular formula is C24H26N2. The molecule has 1 aliphatic rings. The Labute approximate surface area is 156 Å². The minimum Gasteiger partial charge on any atom is -0.318 e. The third-order valence-electron chi connectivity index (χ3n) is 5.11. The van der Waals surface area contributed by atoms with E-state index in [-0.39, 0.29) is 0 Å². The largest absolute Gasteiger partial charge is 0.318 e. The second-order valence-corrected chi connectivity index (χ2v) is 7.09. The predicted octanol–water partition coefficient (Wildman–Crippen LogP) is 5.59. The van der Waals surface area contributed by atoms with Crippen LogP contribution in [0.5, 0.6) is 0 Å². The summed E-state index contributed by atoms with van der Waals surface area (Å²) >= 11 is 0. The number of benzene rings is 3. The van der Waals surface area contributed by atoms with Crippen LogP contribution in [0.2, 0.25) is 0 Å². The van der Waals surface area contributed by atoms with Crippen molar-refractivity contribution in [3.63, 3.8) is 0 Å². The molecule has 0 saturated heterocycles. The van der Waals surface area contributed by atoms with Crippen LogP contribution in [0, 0.1) is 0 Å². The summed E-state index contributed by atoms with van der Waals surface area (Å²) in [6.45, 7) is 1.75. The van der Waals surface area contributed by atoms with Crippen LogP contribution < -0.4 is 5.43 Å². The van der Waals surface area contributed by atoms with Crippen molar-refractivity contribution < 1.29 is 0 Å². The van der Waals surface area contributed by atoms with Crippen LogP contribution in [-0.2, 0) is 25.9 Å². The van der Waals surface area contributed by atoms with E-state index in [1.807, 2.05) is 0 Å². The second-order valence-electron chi connectivity index (χ2n) is 7.09. The third kappa shape index (κ3) is 4.14. The van der Waals surface area contributed by atoms with Crippen LogP contribution in [0.4, 0.5) is 5.69 Å². The lowest BCUT2D eigenvalue weighted by Crippen LogP contribution is -2.30. The van der Waals surface area contributed by atoms with Crippen LogP contribution in [0.25, 0.3) is 0 Å². The first-order valence-electron chi connectivity index (χ1n) is 9.59. The summed E-state index contributed by atoms with van der Waals surface area (Å²) in [5, 5.41) is 2.33. The van der Waals surface area contributed by atoms with Gasteiger partial charge in [0.25, 0.3) is 0 Å². The van der Waals surface area contributed by atoms with Gasteiger partial charge in [-0.15, -0.1) is 0 Å². The van der Waals surface area contributed by atoms with Gasteiger partial charge in [-0.1, -0.05) is 72.8 Å². The molecule has 3 aromatic carbocycles. The van der Waals surface area contributed by atoms with E-state index in [0.717, 1.165) is 13.1 Å². The molecule has 0 spiro atoms. The van der Waals surface area contributed by atoms with Gasteiger partial charge in [0.2, 0.25) is 0 Å². The minimum atomic E-state index is 0.874. The van der Waals surface area contributed by atoms with Crippen LogP contribution in [0.3, 0.4) is 0 Å². The molecule has 0 radical (unpaired) electrons. The molecule has 2 heteroatoms. The van der Waals surface area contributed by atoms with Gasteiger partial charge >= 0.3 is 0 Å². The highest BCUT2D eigenvalue weighted by molar-refractivity contribution is 5.55. The molecule has 3 aromatic rings. The molecule has 1 aliphatic carbocycles. The fourth-order valence-electron chi connectivity index (χ4n) is 3.80. The Bertz CT molecular complexity index is 786. The number of nitrogens with zero attached hydrogens (tertiary/aromatic N) is 1. The highest BCUT2D eigenvalue weighted by Gasteiger charge is 2.15. The summed E-state index contributed by atoms with van der Waals surface area (Å²) in [4.78, 5) is 0. The molecule has 0 heterocycles. The van der Waals surface area contributed by atoms with Crippen LogP contribution in [-0.4, -0.2) is 5.01 Å². The van der Waals surface area contributed by atoms with E-state index >= 15 is 0 Å². The highest BCUT2D eigenvalue weighted by Crippen LogP contribution is 2.28. The van der Waals surface area contributed by atoms with E-state index < -0.39 is 0 Å². The zero-order valence-corrected chi connectivity index (χ0v) is 15.2. The van der Waals surface area contributed by atoms with Gasteiger partial charge in [-0.2, -0.15) is 0 Å². The molecule has 0 atom stereocenters. The van der Waals surface area contributed by atoms with Crippen LogP contribution >= 0.6 is 0 Å². The van der Waals surface area contributed by atoms with E-state index in [4.69, 9.17) is 0 Å². The summed E-state index contributed by atoms with van der Waals surface area (Å²) in [6.07, 6.45) is 5.00. The van der Waals surface area contributed by atoms with Gasteiger partial charge in [0.1, 0.15) is 0 Å². The Hall–Kier alpha value is -2.58.